The van der Waals surface area contributed by atoms with Crippen LogP contribution < -0.4 is 10.2 Å². The Morgan fingerprint density at radius 2 is 1.90 bits per heavy atom. The first kappa shape index (κ1) is 19.4. The van der Waals surface area contributed by atoms with E-state index in [4.69, 9.17) is 0 Å². The van der Waals surface area contributed by atoms with E-state index in [1.807, 2.05) is 65.6 Å². The highest BCUT2D eigenvalue weighted by atomic mass is 32.2. The highest BCUT2D eigenvalue weighted by Crippen LogP contribution is 2.18. The van der Waals surface area contributed by atoms with Crippen LogP contribution >= 0.6 is 23.1 Å². The summed E-state index contributed by atoms with van der Waals surface area (Å²) in [7, 11) is 1.94. The lowest BCUT2D eigenvalue weighted by Crippen LogP contribution is -2.24. The van der Waals surface area contributed by atoms with Crippen LogP contribution in [0.4, 0.5) is 0 Å². The summed E-state index contributed by atoms with van der Waals surface area (Å²) in [5, 5.41) is 13.4. The van der Waals surface area contributed by atoms with Gasteiger partial charge in [-0.3, -0.25) is 4.79 Å². The summed E-state index contributed by atoms with van der Waals surface area (Å²) in [5.74, 6) is 0.850. The van der Waals surface area contributed by atoms with Gasteiger partial charge in [-0.25, -0.2) is 5.43 Å². The van der Waals surface area contributed by atoms with Crippen LogP contribution in [0.1, 0.15) is 11.4 Å². The standard InChI is InChI=1S/C20H20N6OS2/c1-14-21-24-20(26(14)12-15-8-4-3-5-9-15)28-13-18(27)22-23-19-25(2)16-10-6-7-11-17(16)29-19/h3-11H,12-13H2,1-2H3,(H,22,27)/b23-19-. The number of thiazole rings is 1. The average Bonchev–Trinajstić information content (AvgIpc) is 3.25. The molecule has 2 aromatic heterocycles. The molecule has 4 aromatic rings. The predicted molar refractivity (Wildman–Crippen MR) is 116 cm³/mol. The van der Waals surface area contributed by atoms with Gasteiger partial charge in [-0.15, -0.1) is 15.3 Å². The van der Waals surface area contributed by atoms with Gasteiger partial charge in [-0.05, 0) is 24.6 Å². The van der Waals surface area contributed by atoms with E-state index in [9.17, 15) is 4.79 Å². The molecule has 0 aliphatic rings. The molecule has 2 aromatic carbocycles. The second kappa shape index (κ2) is 8.62. The third-order valence-corrected chi connectivity index (χ3v) is 6.49. The Balaban J connectivity index is 1.42. The van der Waals surface area contributed by atoms with Crippen molar-refractivity contribution >= 4 is 39.2 Å². The molecule has 0 spiro atoms. The number of fused-ring (bicyclic) bond motifs is 1. The van der Waals surface area contributed by atoms with Gasteiger partial charge in [-0.2, -0.15) is 0 Å². The highest BCUT2D eigenvalue weighted by Gasteiger charge is 2.12. The number of para-hydroxylation sites is 1. The Morgan fingerprint density at radius 3 is 2.69 bits per heavy atom. The summed E-state index contributed by atoms with van der Waals surface area (Å²) < 4.78 is 5.10. The molecule has 1 amide bonds. The van der Waals surface area contributed by atoms with Gasteiger partial charge in [0.15, 0.2) is 5.16 Å². The van der Waals surface area contributed by atoms with Crippen molar-refractivity contribution in [3.8, 4) is 0 Å². The van der Waals surface area contributed by atoms with E-state index in [2.05, 4.69) is 32.9 Å². The van der Waals surface area contributed by atoms with Crippen LogP contribution in [0.5, 0.6) is 0 Å². The molecule has 4 rings (SSSR count). The number of amides is 1. The molecule has 29 heavy (non-hydrogen) atoms. The molecule has 2 heterocycles. The SMILES string of the molecule is Cc1nnc(SCC(=O)N/N=c2\sc3ccccc3n2C)n1Cc1ccccc1. The average molecular weight is 425 g/mol. The molecule has 9 heteroatoms. The summed E-state index contributed by atoms with van der Waals surface area (Å²) >= 11 is 2.89. The molecule has 0 bridgehead atoms. The molecule has 0 fully saturated rings. The first-order chi connectivity index (χ1) is 14.1. The number of nitrogens with one attached hydrogen (secondary N) is 1. The van der Waals surface area contributed by atoms with Gasteiger partial charge >= 0.3 is 0 Å². The van der Waals surface area contributed by atoms with Crippen LogP contribution in [0.3, 0.4) is 0 Å². The Labute approximate surface area is 176 Å². The quantitative estimate of drug-likeness (QED) is 0.381. The molecule has 148 valence electrons. The summed E-state index contributed by atoms with van der Waals surface area (Å²) in [4.78, 5) is 13.0. The minimum Gasteiger partial charge on any atom is -0.318 e. The topological polar surface area (TPSA) is 77.1 Å². The zero-order valence-corrected chi connectivity index (χ0v) is 17.7. The molecule has 0 aliphatic heterocycles. The monoisotopic (exact) mass is 424 g/mol. The molecule has 0 unspecified atom stereocenters. The summed E-state index contributed by atoms with van der Waals surface area (Å²) in [6.45, 7) is 2.59. The third kappa shape index (κ3) is 4.41. The first-order valence-corrected chi connectivity index (χ1v) is 10.9. The fraction of sp³-hybridized carbons (Fsp3) is 0.200. The largest absolute Gasteiger partial charge is 0.318 e. The number of carbonyl (C=O) groups is 1. The van der Waals surface area contributed by atoms with E-state index >= 15 is 0 Å². The van der Waals surface area contributed by atoms with Gasteiger partial charge in [0.05, 0.1) is 22.5 Å². The highest BCUT2D eigenvalue weighted by molar-refractivity contribution is 7.99. The number of hydrogen-bond donors (Lipinski definition) is 1. The second-order valence-corrected chi connectivity index (χ2v) is 8.40. The van der Waals surface area contributed by atoms with Gasteiger partial charge in [0, 0.05) is 7.05 Å². The van der Waals surface area contributed by atoms with Crippen molar-refractivity contribution in [1.82, 2.24) is 24.8 Å². The minimum absolute atomic E-state index is 0.181. The van der Waals surface area contributed by atoms with Crippen LogP contribution in [0.15, 0.2) is 64.9 Å². The maximum absolute atomic E-state index is 12.3. The van der Waals surface area contributed by atoms with Gasteiger partial charge in [-0.1, -0.05) is 65.6 Å². The molecule has 0 radical (unpaired) electrons. The lowest BCUT2D eigenvalue weighted by atomic mass is 10.2. The number of hydrogen-bond acceptors (Lipinski definition) is 6. The van der Waals surface area contributed by atoms with Crippen molar-refractivity contribution in [3.05, 3.63) is 70.8 Å². The summed E-state index contributed by atoms with van der Waals surface area (Å²) in [5.41, 5.74) is 4.89. The van der Waals surface area contributed by atoms with E-state index in [-0.39, 0.29) is 11.7 Å². The van der Waals surface area contributed by atoms with Crippen LogP contribution in [0, 0.1) is 6.92 Å². The van der Waals surface area contributed by atoms with Gasteiger partial charge in [0.1, 0.15) is 5.82 Å². The third-order valence-electron chi connectivity index (χ3n) is 4.41. The number of carbonyl (C=O) groups excluding carboxylic acids is 1. The second-order valence-electron chi connectivity index (χ2n) is 6.45. The molecular formula is C20H20N6OS2. The van der Waals surface area contributed by atoms with Crippen molar-refractivity contribution in [2.24, 2.45) is 12.1 Å². The number of aryl methyl sites for hydroxylation is 2. The van der Waals surface area contributed by atoms with Crippen molar-refractivity contribution in [3.63, 3.8) is 0 Å². The molecule has 1 N–H and O–H groups in total. The Bertz CT molecular complexity index is 1210. The van der Waals surface area contributed by atoms with E-state index in [0.29, 0.717) is 11.7 Å². The maximum atomic E-state index is 12.3. The van der Waals surface area contributed by atoms with E-state index < -0.39 is 0 Å². The summed E-state index contributed by atoms with van der Waals surface area (Å²) in [6, 6.07) is 18.2. The van der Waals surface area contributed by atoms with Crippen molar-refractivity contribution in [2.75, 3.05) is 5.75 Å². The maximum Gasteiger partial charge on any atom is 0.250 e. The number of benzene rings is 2. The van der Waals surface area contributed by atoms with E-state index in [1.54, 1.807) is 0 Å². The minimum atomic E-state index is -0.181. The lowest BCUT2D eigenvalue weighted by Gasteiger charge is -2.08. The predicted octanol–water partition coefficient (Wildman–Crippen LogP) is 2.91. The van der Waals surface area contributed by atoms with Crippen LogP contribution in [-0.4, -0.2) is 31.0 Å². The zero-order valence-electron chi connectivity index (χ0n) is 16.1. The number of thioether (sulfide) groups is 1. The lowest BCUT2D eigenvalue weighted by molar-refractivity contribution is -0.118. The first-order valence-electron chi connectivity index (χ1n) is 9.05. The number of nitrogens with zero attached hydrogens (tertiary/aromatic N) is 5. The van der Waals surface area contributed by atoms with Crippen LogP contribution in [0.2, 0.25) is 0 Å². The van der Waals surface area contributed by atoms with Crippen LogP contribution in [-0.2, 0) is 18.4 Å². The molecular weight excluding hydrogens is 404 g/mol. The zero-order chi connectivity index (χ0) is 20.2. The van der Waals surface area contributed by atoms with E-state index in [1.165, 1.54) is 23.1 Å². The Hall–Kier alpha value is -2.91. The fourth-order valence-corrected chi connectivity index (χ4v) is 4.63. The fourth-order valence-electron chi connectivity index (χ4n) is 2.88. The van der Waals surface area contributed by atoms with Gasteiger partial charge in [0.25, 0.3) is 5.91 Å². The number of rotatable bonds is 6. The van der Waals surface area contributed by atoms with Crippen molar-refractivity contribution in [2.45, 2.75) is 18.6 Å². The Kier molecular flexibility index (Phi) is 5.77. The van der Waals surface area contributed by atoms with Crippen LogP contribution in [0.25, 0.3) is 10.2 Å². The molecule has 7 nitrogen and oxygen atoms in total. The Morgan fingerprint density at radius 1 is 1.14 bits per heavy atom. The van der Waals surface area contributed by atoms with Crippen molar-refractivity contribution in [1.29, 1.82) is 0 Å². The molecule has 0 atom stereocenters. The van der Waals surface area contributed by atoms with Gasteiger partial charge in [0.2, 0.25) is 4.80 Å². The molecule has 0 saturated carbocycles. The number of aromatic nitrogens is 4. The van der Waals surface area contributed by atoms with Gasteiger partial charge < -0.3 is 9.13 Å². The normalized spacial score (nSPS) is 11.9. The smallest absolute Gasteiger partial charge is 0.250 e. The molecule has 0 aliphatic carbocycles. The summed E-state index contributed by atoms with van der Waals surface area (Å²) in [6.07, 6.45) is 0. The van der Waals surface area contributed by atoms with Crippen molar-refractivity contribution < 1.29 is 4.79 Å². The molecule has 0 saturated heterocycles. The van der Waals surface area contributed by atoms with E-state index in [0.717, 1.165) is 26.4 Å².